The summed E-state index contributed by atoms with van der Waals surface area (Å²) in [5, 5.41) is 12.7. The highest BCUT2D eigenvalue weighted by molar-refractivity contribution is 7.16. The zero-order chi connectivity index (χ0) is 12.1. The Balaban J connectivity index is 2.72. The van der Waals surface area contributed by atoms with Crippen LogP contribution in [0.15, 0.2) is 0 Å². The molecule has 0 unspecified atom stereocenters. The average molecular weight is 238 g/mol. The molecule has 1 rings (SSSR count). The molecule has 1 aromatic heterocycles. The Bertz CT molecular complexity index is 432. The second-order valence-electron chi connectivity index (χ2n) is 3.26. The molecule has 1 aromatic rings. The molecule has 0 bridgehead atoms. The summed E-state index contributed by atoms with van der Waals surface area (Å²) in [5.41, 5.74) is 1.59. The third kappa shape index (κ3) is 2.74. The maximum Gasteiger partial charge on any atom is 0.325 e. The fourth-order valence-electron chi connectivity index (χ4n) is 1.25. The van der Waals surface area contributed by atoms with Gasteiger partial charge >= 0.3 is 5.97 Å². The zero-order valence-electron chi connectivity index (χ0n) is 9.59. The van der Waals surface area contributed by atoms with Gasteiger partial charge in [-0.2, -0.15) is 5.26 Å². The summed E-state index contributed by atoms with van der Waals surface area (Å²) < 4.78 is 4.79. The number of carbonyl (C=O) groups is 1. The summed E-state index contributed by atoms with van der Waals surface area (Å²) in [6.07, 6.45) is 0. The van der Waals surface area contributed by atoms with Gasteiger partial charge in [-0.1, -0.05) is 0 Å². The molecular formula is C11H14N2O2S. The molecule has 16 heavy (non-hydrogen) atoms. The van der Waals surface area contributed by atoms with Crippen molar-refractivity contribution >= 4 is 22.3 Å². The Hall–Kier alpha value is -1.54. The third-order valence-electron chi connectivity index (χ3n) is 2.20. The van der Waals surface area contributed by atoms with Gasteiger partial charge in [0.25, 0.3) is 0 Å². The summed E-state index contributed by atoms with van der Waals surface area (Å²) in [7, 11) is 0. The Kier molecular flexibility index (Phi) is 4.32. The van der Waals surface area contributed by atoms with Crippen LogP contribution < -0.4 is 5.32 Å². The first-order valence-corrected chi connectivity index (χ1v) is 5.81. The van der Waals surface area contributed by atoms with Crippen molar-refractivity contribution in [3.63, 3.8) is 0 Å². The van der Waals surface area contributed by atoms with E-state index in [9.17, 15) is 4.79 Å². The van der Waals surface area contributed by atoms with Gasteiger partial charge in [-0.15, -0.1) is 11.3 Å². The van der Waals surface area contributed by atoms with Crippen LogP contribution in [0.5, 0.6) is 0 Å². The van der Waals surface area contributed by atoms with Crippen molar-refractivity contribution in [1.82, 2.24) is 0 Å². The second-order valence-corrected chi connectivity index (χ2v) is 4.48. The number of aryl methyl sites for hydroxylation is 1. The van der Waals surface area contributed by atoms with Crippen LogP contribution in [0.4, 0.5) is 5.00 Å². The lowest BCUT2D eigenvalue weighted by Gasteiger charge is -2.03. The Labute approximate surface area is 98.8 Å². The highest BCUT2D eigenvalue weighted by Gasteiger charge is 2.12. The SMILES string of the molecule is CCOC(=O)CNc1sc(C)c(C)c1C#N. The number of esters is 1. The number of anilines is 1. The molecule has 5 heteroatoms. The number of nitrogens with one attached hydrogen (secondary N) is 1. The van der Waals surface area contributed by atoms with Crippen molar-refractivity contribution in [2.45, 2.75) is 20.8 Å². The van der Waals surface area contributed by atoms with Crippen molar-refractivity contribution in [2.75, 3.05) is 18.5 Å². The summed E-state index contributed by atoms with van der Waals surface area (Å²) in [4.78, 5) is 12.2. The van der Waals surface area contributed by atoms with Gasteiger partial charge in [0.1, 0.15) is 17.6 Å². The Morgan fingerprint density at radius 1 is 1.56 bits per heavy atom. The molecule has 0 aliphatic heterocycles. The van der Waals surface area contributed by atoms with E-state index in [1.807, 2.05) is 13.8 Å². The fraction of sp³-hybridized carbons (Fsp3) is 0.455. The number of rotatable bonds is 4. The molecule has 1 heterocycles. The lowest BCUT2D eigenvalue weighted by molar-refractivity contribution is -0.140. The highest BCUT2D eigenvalue weighted by atomic mass is 32.1. The minimum atomic E-state index is -0.310. The number of hydrogen-bond acceptors (Lipinski definition) is 5. The van der Waals surface area contributed by atoms with E-state index in [4.69, 9.17) is 10.00 Å². The van der Waals surface area contributed by atoms with Gasteiger partial charge in [0.2, 0.25) is 0 Å². The van der Waals surface area contributed by atoms with Crippen LogP contribution in [-0.2, 0) is 9.53 Å². The van der Waals surface area contributed by atoms with E-state index in [0.717, 1.165) is 15.4 Å². The molecule has 0 fully saturated rings. The van der Waals surface area contributed by atoms with Crippen molar-refractivity contribution in [3.8, 4) is 6.07 Å². The van der Waals surface area contributed by atoms with Crippen molar-refractivity contribution in [1.29, 1.82) is 5.26 Å². The number of thiophene rings is 1. The van der Waals surface area contributed by atoms with E-state index in [1.165, 1.54) is 11.3 Å². The normalized spacial score (nSPS) is 9.62. The number of ether oxygens (including phenoxy) is 1. The van der Waals surface area contributed by atoms with Crippen LogP contribution in [0, 0.1) is 25.2 Å². The molecule has 0 saturated heterocycles. The van der Waals surface area contributed by atoms with E-state index in [-0.39, 0.29) is 12.5 Å². The first-order valence-electron chi connectivity index (χ1n) is 4.99. The predicted octanol–water partition coefficient (Wildman–Crippen LogP) is 2.21. The van der Waals surface area contributed by atoms with Gasteiger partial charge in [0, 0.05) is 4.88 Å². The molecule has 0 aliphatic carbocycles. The van der Waals surface area contributed by atoms with Gasteiger partial charge in [-0.3, -0.25) is 4.79 Å². The zero-order valence-corrected chi connectivity index (χ0v) is 10.4. The number of nitrogens with zero attached hydrogens (tertiary/aromatic N) is 1. The lowest BCUT2D eigenvalue weighted by Crippen LogP contribution is -2.16. The molecular weight excluding hydrogens is 224 g/mol. The maximum absolute atomic E-state index is 11.1. The van der Waals surface area contributed by atoms with E-state index < -0.39 is 0 Å². The molecule has 0 radical (unpaired) electrons. The standard InChI is InChI=1S/C11H14N2O2S/c1-4-15-10(14)6-13-11-9(5-12)7(2)8(3)16-11/h13H,4,6H2,1-3H3. The van der Waals surface area contributed by atoms with E-state index >= 15 is 0 Å². The summed E-state index contributed by atoms with van der Waals surface area (Å²) in [6.45, 7) is 6.09. The van der Waals surface area contributed by atoms with Gasteiger partial charge in [0.15, 0.2) is 0 Å². The lowest BCUT2D eigenvalue weighted by atomic mass is 10.2. The Morgan fingerprint density at radius 2 is 2.25 bits per heavy atom. The summed E-state index contributed by atoms with van der Waals surface area (Å²) >= 11 is 1.48. The van der Waals surface area contributed by atoms with Crippen LogP contribution in [0.2, 0.25) is 0 Å². The van der Waals surface area contributed by atoms with Gasteiger partial charge in [-0.25, -0.2) is 0 Å². The molecule has 0 aliphatic rings. The number of nitriles is 1. The van der Waals surface area contributed by atoms with Crippen molar-refractivity contribution in [3.05, 3.63) is 16.0 Å². The van der Waals surface area contributed by atoms with Crippen LogP contribution in [-0.4, -0.2) is 19.1 Å². The number of carbonyl (C=O) groups excluding carboxylic acids is 1. The van der Waals surface area contributed by atoms with E-state index in [1.54, 1.807) is 6.92 Å². The molecule has 86 valence electrons. The van der Waals surface area contributed by atoms with E-state index in [2.05, 4.69) is 11.4 Å². The van der Waals surface area contributed by atoms with Crippen molar-refractivity contribution in [2.24, 2.45) is 0 Å². The van der Waals surface area contributed by atoms with Crippen LogP contribution in [0.25, 0.3) is 0 Å². The second kappa shape index (κ2) is 5.52. The van der Waals surface area contributed by atoms with Crippen LogP contribution in [0.1, 0.15) is 22.9 Å². The van der Waals surface area contributed by atoms with Crippen LogP contribution in [0.3, 0.4) is 0 Å². The van der Waals surface area contributed by atoms with Crippen LogP contribution >= 0.6 is 11.3 Å². The van der Waals surface area contributed by atoms with Gasteiger partial charge < -0.3 is 10.1 Å². The molecule has 1 N–H and O–H groups in total. The topological polar surface area (TPSA) is 62.1 Å². The molecule has 0 amide bonds. The van der Waals surface area contributed by atoms with Crippen molar-refractivity contribution < 1.29 is 9.53 Å². The first-order chi connectivity index (χ1) is 7.60. The average Bonchev–Trinajstić information content (AvgIpc) is 2.52. The number of hydrogen-bond donors (Lipinski definition) is 1. The maximum atomic E-state index is 11.1. The van der Waals surface area contributed by atoms with Gasteiger partial charge in [-0.05, 0) is 26.3 Å². The first kappa shape index (κ1) is 12.5. The van der Waals surface area contributed by atoms with Gasteiger partial charge in [0.05, 0.1) is 12.2 Å². The van der Waals surface area contributed by atoms with E-state index in [0.29, 0.717) is 12.2 Å². The molecule has 0 spiro atoms. The predicted molar refractivity (Wildman–Crippen MR) is 63.6 cm³/mol. The molecule has 4 nitrogen and oxygen atoms in total. The largest absolute Gasteiger partial charge is 0.465 e. The molecule has 0 aromatic carbocycles. The third-order valence-corrected chi connectivity index (χ3v) is 3.36. The Morgan fingerprint density at radius 3 is 2.81 bits per heavy atom. The minimum Gasteiger partial charge on any atom is -0.465 e. The quantitative estimate of drug-likeness (QED) is 0.817. The summed E-state index contributed by atoms with van der Waals surface area (Å²) in [5.74, 6) is -0.310. The highest BCUT2D eigenvalue weighted by Crippen LogP contribution is 2.31. The smallest absolute Gasteiger partial charge is 0.325 e. The monoisotopic (exact) mass is 238 g/mol. The summed E-state index contributed by atoms with van der Waals surface area (Å²) in [6, 6.07) is 2.14. The fourth-order valence-corrected chi connectivity index (χ4v) is 2.26. The molecule has 0 atom stereocenters. The molecule has 0 saturated carbocycles. The minimum absolute atomic E-state index is 0.0991.